The van der Waals surface area contributed by atoms with Crippen LogP contribution in [0.2, 0.25) is 0 Å². The van der Waals surface area contributed by atoms with Crippen LogP contribution in [0.4, 0.5) is 19.0 Å². The number of alkyl halides is 3. The molecular weight excluding hydrogens is 263 g/mol. The summed E-state index contributed by atoms with van der Waals surface area (Å²) in [4.78, 5) is 19.6. The second-order valence-electron chi connectivity index (χ2n) is 4.00. The van der Waals surface area contributed by atoms with Crippen molar-refractivity contribution in [2.75, 3.05) is 18.5 Å². The monoisotopic (exact) mass is 273 g/mol. The predicted octanol–water partition coefficient (Wildman–Crippen LogP) is 0.699. The lowest BCUT2D eigenvalue weighted by Crippen LogP contribution is -2.31. The van der Waals surface area contributed by atoms with Gasteiger partial charge in [0, 0.05) is 13.1 Å². The van der Waals surface area contributed by atoms with Gasteiger partial charge in [-0.3, -0.25) is 4.79 Å². The van der Waals surface area contributed by atoms with Crippen molar-refractivity contribution in [2.24, 2.45) is 5.10 Å². The van der Waals surface area contributed by atoms with Gasteiger partial charge in [0.05, 0.1) is 17.8 Å². The highest BCUT2D eigenvalue weighted by molar-refractivity contribution is 6.12. The van der Waals surface area contributed by atoms with E-state index in [0.717, 1.165) is 11.2 Å². The minimum absolute atomic E-state index is 0.0550. The Hall–Kier alpha value is -2.19. The maximum Gasteiger partial charge on any atom is 0.405 e. The molecule has 2 rings (SSSR count). The van der Waals surface area contributed by atoms with Gasteiger partial charge in [-0.15, -0.1) is 0 Å². The number of halogens is 3. The van der Waals surface area contributed by atoms with Crippen LogP contribution >= 0.6 is 0 Å². The lowest BCUT2D eigenvalue weighted by Gasteiger charge is -2.19. The van der Waals surface area contributed by atoms with Crippen molar-refractivity contribution in [3.8, 4) is 0 Å². The Morgan fingerprint density at radius 3 is 2.74 bits per heavy atom. The molecular formula is C10H10F3N5O. The summed E-state index contributed by atoms with van der Waals surface area (Å²) in [6, 6.07) is 1.37. The molecule has 0 aromatic carbocycles. The van der Waals surface area contributed by atoms with Crippen LogP contribution in [0, 0.1) is 0 Å². The zero-order valence-corrected chi connectivity index (χ0v) is 9.90. The van der Waals surface area contributed by atoms with Crippen molar-refractivity contribution < 1.29 is 18.0 Å². The summed E-state index contributed by atoms with van der Waals surface area (Å²) in [6.07, 6.45) is -3.12. The van der Waals surface area contributed by atoms with Crippen molar-refractivity contribution in [3.63, 3.8) is 0 Å². The summed E-state index contributed by atoms with van der Waals surface area (Å²) >= 11 is 0. The predicted molar refractivity (Wildman–Crippen MR) is 60.7 cm³/mol. The first-order valence-corrected chi connectivity index (χ1v) is 5.31. The Balaban J connectivity index is 2.18. The topological polar surface area (TPSA) is 70.5 Å². The highest BCUT2D eigenvalue weighted by Gasteiger charge is 2.30. The molecule has 19 heavy (non-hydrogen) atoms. The molecule has 0 saturated heterocycles. The Kier molecular flexibility index (Phi) is 3.36. The number of aromatic nitrogens is 2. The molecule has 1 aromatic heterocycles. The SMILES string of the molecule is CN(CC(F)(F)F)c1cc(C2=NNC(=O)C2)ncn1. The molecule has 1 aromatic rings. The van der Waals surface area contributed by atoms with Gasteiger partial charge in [0.1, 0.15) is 18.7 Å². The third-order valence-corrected chi connectivity index (χ3v) is 2.40. The number of hydrogen-bond acceptors (Lipinski definition) is 5. The van der Waals surface area contributed by atoms with Gasteiger partial charge < -0.3 is 4.90 Å². The number of nitrogens with zero attached hydrogens (tertiary/aromatic N) is 4. The summed E-state index contributed by atoms with van der Waals surface area (Å²) in [5.41, 5.74) is 2.96. The first-order chi connectivity index (χ1) is 8.85. The summed E-state index contributed by atoms with van der Waals surface area (Å²) < 4.78 is 36.8. The summed E-state index contributed by atoms with van der Waals surface area (Å²) in [7, 11) is 1.28. The van der Waals surface area contributed by atoms with Gasteiger partial charge in [-0.2, -0.15) is 18.3 Å². The molecule has 102 valence electrons. The third kappa shape index (κ3) is 3.39. The maximum atomic E-state index is 12.3. The van der Waals surface area contributed by atoms with Gasteiger partial charge in [-0.1, -0.05) is 0 Å². The summed E-state index contributed by atoms with van der Waals surface area (Å²) in [5, 5.41) is 3.75. The number of rotatable bonds is 3. The first kappa shape index (κ1) is 13.2. The minimum atomic E-state index is -4.32. The third-order valence-electron chi connectivity index (χ3n) is 2.40. The highest BCUT2D eigenvalue weighted by atomic mass is 19.4. The van der Waals surface area contributed by atoms with Crippen molar-refractivity contribution in [1.29, 1.82) is 0 Å². The molecule has 1 N–H and O–H groups in total. The maximum absolute atomic E-state index is 12.3. The second-order valence-corrected chi connectivity index (χ2v) is 4.00. The summed E-state index contributed by atoms with van der Waals surface area (Å²) in [5.74, 6) is -0.164. The molecule has 0 aliphatic carbocycles. The van der Waals surface area contributed by atoms with E-state index in [0.29, 0.717) is 11.4 Å². The Morgan fingerprint density at radius 1 is 1.42 bits per heavy atom. The Labute approximate surface area is 106 Å². The average molecular weight is 273 g/mol. The molecule has 1 aliphatic heterocycles. The van der Waals surface area contributed by atoms with Crippen LogP contribution < -0.4 is 10.3 Å². The van der Waals surface area contributed by atoms with Crippen LogP contribution in [0.25, 0.3) is 0 Å². The normalized spacial score (nSPS) is 15.2. The minimum Gasteiger partial charge on any atom is -0.350 e. The van der Waals surface area contributed by atoms with E-state index < -0.39 is 12.7 Å². The van der Waals surface area contributed by atoms with E-state index in [1.54, 1.807) is 0 Å². The van der Waals surface area contributed by atoms with Crippen LogP contribution in [-0.4, -0.2) is 41.4 Å². The standard InChI is InChI=1S/C10H10F3N5O/c1-18(4-10(11,12)13)8-2-6(14-5-15-8)7-3-9(19)17-16-7/h2,5H,3-4H2,1H3,(H,17,19). The second kappa shape index (κ2) is 4.82. The van der Waals surface area contributed by atoms with E-state index in [1.807, 2.05) is 0 Å². The van der Waals surface area contributed by atoms with Gasteiger partial charge >= 0.3 is 6.18 Å². The van der Waals surface area contributed by atoms with Crippen LogP contribution in [0.3, 0.4) is 0 Å². The van der Waals surface area contributed by atoms with E-state index in [9.17, 15) is 18.0 Å². The zero-order chi connectivity index (χ0) is 14.0. The van der Waals surface area contributed by atoms with Gasteiger partial charge in [0.2, 0.25) is 5.91 Å². The molecule has 0 fully saturated rings. The van der Waals surface area contributed by atoms with Crippen molar-refractivity contribution in [2.45, 2.75) is 12.6 Å². The lowest BCUT2D eigenvalue weighted by atomic mass is 10.2. The number of amides is 1. The number of hydrazone groups is 1. The van der Waals surface area contributed by atoms with E-state index in [-0.39, 0.29) is 18.1 Å². The number of hydrogen-bond donors (Lipinski definition) is 1. The van der Waals surface area contributed by atoms with Crippen molar-refractivity contribution in [3.05, 3.63) is 18.1 Å². The van der Waals surface area contributed by atoms with E-state index in [2.05, 4.69) is 20.5 Å². The van der Waals surface area contributed by atoms with Crippen molar-refractivity contribution in [1.82, 2.24) is 15.4 Å². The molecule has 0 unspecified atom stereocenters. The smallest absolute Gasteiger partial charge is 0.350 e. The number of anilines is 1. The van der Waals surface area contributed by atoms with Gasteiger partial charge in [-0.05, 0) is 0 Å². The first-order valence-electron chi connectivity index (χ1n) is 5.31. The zero-order valence-electron chi connectivity index (χ0n) is 9.90. The molecule has 2 heterocycles. The van der Waals surface area contributed by atoms with Gasteiger partial charge in [0.15, 0.2) is 0 Å². The summed E-state index contributed by atoms with van der Waals surface area (Å²) in [6.45, 7) is -1.12. The number of carbonyl (C=O) groups excluding carboxylic acids is 1. The fraction of sp³-hybridized carbons (Fsp3) is 0.400. The highest BCUT2D eigenvalue weighted by Crippen LogP contribution is 2.20. The molecule has 0 bridgehead atoms. The molecule has 6 nitrogen and oxygen atoms in total. The molecule has 1 aliphatic rings. The quantitative estimate of drug-likeness (QED) is 0.880. The van der Waals surface area contributed by atoms with Gasteiger partial charge in [-0.25, -0.2) is 15.4 Å². The molecule has 9 heteroatoms. The van der Waals surface area contributed by atoms with Crippen molar-refractivity contribution >= 4 is 17.4 Å². The Morgan fingerprint density at radius 2 is 2.16 bits per heavy atom. The van der Waals surface area contributed by atoms with Crippen LogP contribution in [0.5, 0.6) is 0 Å². The Bertz CT molecular complexity index is 528. The lowest BCUT2D eigenvalue weighted by molar-refractivity contribution is -0.120. The van der Waals surface area contributed by atoms with E-state index in [1.165, 1.54) is 13.1 Å². The van der Waals surface area contributed by atoms with Gasteiger partial charge in [0.25, 0.3) is 0 Å². The largest absolute Gasteiger partial charge is 0.405 e. The molecule has 1 amide bonds. The fourth-order valence-electron chi connectivity index (χ4n) is 1.57. The number of carbonyl (C=O) groups is 1. The molecule has 0 spiro atoms. The molecule has 0 saturated carbocycles. The fourth-order valence-corrected chi connectivity index (χ4v) is 1.57. The average Bonchev–Trinajstić information content (AvgIpc) is 2.74. The molecule has 0 radical (unpaired) electrons. The van der Waals surface area contributed by atoms with E-state index in [4.69, 9.17) is 0 Å². The van der Waals surface area contributed by atoms with E-state index >= 15 is 0 Å². The number of nitrogens with one attached hydrogen (secondary N) is 1. The molecule has 0 atom stereocenters. The van der Waals surface area contributed by atoms with Crippen LogP contribution in [-0.2, 0) is 4.79 Å². The van der Waals surface area contributed by atoms with Crippen LogP contribution in [0.15, 0.2) is 17.5 Å². The van der Waals surface area contributed by atoms with Crippen LogP contribution in [0.1, 0.15) is 12.1 Å².